The maximum absolute atomic E-state index is 13.0. The van der Waals surface area contributed by atoms with Crippen molar-refractivity contribution in [2.45, 2.75) is 31.8 Å². The summed E-state index contributed by atoms with van der Waals surface area (Å²) in [5.74, 6) is -0.192. The van der Waals surface area contributed by atoms with E-state index in [-0.39, 0.29) is 11.9 Å². The highest BCUT2D eigenvalue weighted by Gasteiger charge is 2.23. The van der Waals surface area contributed by atoms with E-state index in [0.29, 0.717) is 6.04 Å². The van der Waals surface area contributed by atoms with E-state index in [1.165, 1.54) is 23.3 Å². The third kappa shape index (κ3) is 2.54. The zero-order chi connectivity index (χ0) is 14.1. The SMILES string of the molecule is CC(NC1CCc2cc(N)ccc21)c1ccc(F)cc1. The molecule has 0 amide bonds. The maximum atomic E-state index is 13.0. The molecule has 104 valence electrons. The number of halogens is 1. The van der Waals surface area contributed by atoms with E-state index in [1.807, 2.05) is 18.2 Å². The van der Waals surface area contributed by atoms with E-state index < -0.39 is 0 Å². The summed E-state index contributed by atoms with van der Waals surface area (Å²) in [6, 6.07) is 13.4. The van der Waals surface area contributed by atoms with Crippen molar-refractivity contribution in [3.05, 3.63) is 65.0 Å². The van der Waals surface area contributed by atoms with Gasteiger partial charge in [0.15, 0.2) is 0 Å². The maximum Gasteiger partial charge on any atom is 0.123 e. The Hall–Kier alpha value is -1.87. The first-order valence-electron chi connectivity index (χ1n) is 7.03. The predicted molar refractivity (Wildman–Crippen MR) is 79.9 cm³/mol. The first-order chi connectivity index (χ1) is 9.63. The third-order valence-electron chi connectivity index (χ3n) is 4.07. The molecule has 3 rings (SSSR count). The lowest BCUT2D eigenvalue weighted by molar-refractivity contribution is 0.464. The fourth-order valence-electron chi connectivity index (χ4n) is 2.96. The lowest BCUT2D eigenvalue weighted by Gasteiger charge is -2.21. The topological polar surface area (TPSA) is 38.0 Å². The zero-order valence-corrected chi connectivity index (χ0v) is 11.6. The molecule has 2 aromatic carbocycles. The van der Waals surface area contributed by atoms with E-state index in [2.05, 4.69) is 24.4 Å². The second-order valence-electron chi connectivity index (χ2n) is 5.49. The molecule has 3 heteroatoms. The number of nitrogen functional groups attached to an aromatic ring is 1. The minimum atomic E-state index is -0.192. The third-order valence-corrected chi connectivity index (χ3v) is 4.07. The molecule has 0 heterocycles. The number of benzene rings is 2. The van der Waals surface area contributed by atoms with Gasteiger partial charge in [-0.2, -0.15) is 0 Å². The van der Waals surface area contributed by atoms with Gasteiger partial charge in [-0.05, 0) is 60.7 Å². The molecule has 0 bridgehead atoms. The first kappa shape index (κ1) is 13.1. The number of aryl methyl sites for hydroxylation is 1. The Morgan fingerprint density at radius 3 is 2.70 bits per heavy atom. The number of fused-ring (bicyclic) bond motifs is 1. The number of hydrogen-bond donors (Lipinski definition) is 2. The zero-order valence-electron chi connectivity index (χ0n) is 11.6. The summed E-state index contributed by atoms with van der Waals surface area (Å²) in [7, 11) is 0. The Kier molecular flexibility index (Phi) is 3.45. The van der Waals surface area contributed by atoms with Crippen molar-refractivity contribution in [3.8, 4) is 0 Å². The van der Waals surface area contributed by atoms with Gasteiger partial charge in [0.1, 0.15) is 5.82 Å². The summed E-state index contributed by atoms with van der Waals surface area (Å²) in [6.45, 7) is 2.11. The Morgan fingerprint density at radius 2 is 1.95 bits per heavy atom. The van der Waals surface area contributed by atoms with Gasteiger partial charge in [-0.15, -0.1) is 0 Å². The van der Waals surface area contributed by atoms with Crippen molar-refractivity contribution in [1.29, 1.82) is 0 Å². The minimum Gasteiger partial charge on any atom is -0.399 e. The first-order valence-corrected chi connectivity index (χ1v) is 7.03. The molecule has 0 saturated heterocycles. The molecule has 0 aromatic heterocycles. The summed E-state index contributed by atoms with van der Waals surface area (Å²) in [4.78, 5) is 0. The number of hydrogen-bond acceptors (Lipinski definition) is 2. The summed E-state index contributed by atoms with van der Waals surface area (Å²) in [5, 5.41) is 3.63. The van der Waals surface area contributed by atoms with Gasteiger partial charge in [0.25, 0.3) is 0 Å². The van der Waals surface area contributed by atoms with Gasteiger partial charge in [0.2, 0.25) is 0 Å². The van der Waals surface area contributed by atoms with Crippen LogP contribution in [0.15, 0.2) is 42.5 Å². The molecule has 0 saturated carbocycles. The fraction of sp³-hybridized carbons (Fsp3) is 0.294. The Morgan fingerprint density at radius 1 is 1.20 bits per heavy atom. The van der Waals surface area contributed by atoms with Gasteiger partial charge in [-0.3, -0.25) is 0 Å². The smallest absolute Gasteiger partial charge is 0.123 e. The van der Waals surface area contributed by atoms with Gasteiger partial charge >= 0.3 is 0 Å². The van der Waals surface area contributed by atoms with Crippen molar-refractivity contribution in [3.63, 3.8) is 0 Å². The van der Waals surface area contributed by atoms with Crippen molar-refractivity contribution in [2.24, 2.45) is 0 Å². The second kappa shape index (κ2) is 5.25. The molecule has 1 aliphatic carbocycles. The highest BCUT2D eigenvalue weighted by Crippen LogP contribution is 2.34. The molecule has 20 heavy (non-hydrogen) atoms. The van der Waals surface area contributed by atoms with Crippen molar-refractivity contribution in [1.82, 2.24) is 5.32 Å². The highest BCUT2D eigenvalue weighted by molar-refractivity contribution is 5.47. The molecular formula is C17H19FN2. The van der Waals surface area contributed by atoms with Crippen molar-refractivity contribution >= 4 is 5.69 Å². The number of nitrogens with two attached hydrogens (primary N) is 1. The van der Waals surface area contributed by atoms with Crippen molar-refractivity contribution < 1.29 is 4.39 Å². The van der Waals surface area contributed by atoms with Gasteiger partial charge in [-0.1, -0.05) is 18.2 Å². The monoisotopic (exact) mass is 270 g/mol. The van der Waals surface area contributed by atoms with Gasteiger partial charge < -0.3 is 11.1 Å². The van der Waals surface area contributed by atoms with Crippen LogP contribution < -0.4 is 11.1 Å². The molecule has 2 aromatic rings. The standard InChI is InChI=1S/C17H19FN2/c1-11(12-2-5-14(18)6-3-12)20-17-9-4-13-10-15(19)7-8-16(13)17/h2-3,5-8,10-11,17,20H,4,9,19H2,1H3. The predicted octanol–water partition coefficient (Wildman–Crippen LogP) is 3.75. The summed E-state index contributed by atoms with van der Waals surface area (Å²) < 4.78 is 13.0. The minimum absolute atomic E-state index is 0.192. The van der Waals surface area contributed by atoms with E-state index >= 15 is 0 Å². The van der Waals surface area contributed by atoms with Crippen LogP contribution in [0.4, 0.5) is 10.1 Å². The molecule has 2 nitrogen and oxygen atoms in total. The molecule has 0 radical (unpaired) electrons. The molecule has 0 aliphatic heterocycles. The Labute approximate surface area is 118 Å². The van der Waals surface area contributed by atoms with Gasteiger partial charge in [0.05, 0.1) is 0 Å². The fourth-order valence-corrected chi connectivity index (χ4v) is 2.96. The molecule has 1 aliphatic rings. The Balaban J connectivity index is 1.75. The number of nitrogens with one attached hydrogen (secondary N) is 1. The van der Waals surface area contributed by atoms with Gasteiger partial charge in [0, 0.05) is 17.8 Å². The van der Waals surface area contributed by atoms with Crippen LogP contribution in [0.3, 0.4) is 0 Å². The van der Waals surface area contributed by atoms with Gasteiger partial charge in [-0.25, -0.2) is 4.39 Å². The highest BCUT2D eigenvalue weighted by atomic mass is 19.1. The van der Waals surface area contributed by atoms with Crippen LogP contribution in [0.1, 0.15) is 42.1 Å². The molecular weight excluding hydrogens is 251 g/mol. The van der Waals surface area contributed by atoms with Crippen molar-refractivity contribution in [2.75, 3.05) is 5.73 Å². The Bertz CT molecular complexity index is 607. The lowest BCUT2D eigenvalue weighted by atomic mass is 10.0. The van der Waals surface area contributed by atoms with Crippen LogP contribution in [0.2, 0.25) is 0 Å². The van der Waals surface area contributed by atoms with Crippen LogP contribution >= 0.6 is 0 Å². The van der Waals surface area contributed by atoms with E-state index in [0.717, 1.165) is 24.1 Å². The largest absolute Gasteiger partial charge is 0.399 e. The molecule has 2 unspecified atom stereocenters. The normalized spacial score (nSPS) is 18.8. The number of rotatable bonds is 3. The van der Waals surface area contributed by atoms with Crippen LogP contribution in [0.5, 0.6) is 0 Å². The van der Waals surface area contributed by atoms with E-state index in [1.54, 1.807) is 0 Å². The second-order valence-corrected chi connectivity index (χ2v) is 5.49. The average Bonchev–Trinajstić information content (AvgIpc) is 2.81. The van der Waals surface area contributed by atoms with Crippen LogP contribution in [0, 0.1) is 5.82 Å². The summed E-state index contributed by atoms with van der Waals surface area (Å²) in [5.41, 5.74) is 10.4. The van der Waals surface area contributed by atoms with Crippen LogP contribution in [0.25, 0.3) is 0 Å². The summed E-state index contributed by atoms with van der Waals surface area (Å²) >= 11 is 0. The lowest BCUT2D eigenvalue weighted by Crippen LogP contribution is -2.23. The summed E-state index contributed by atoms with van der Waals surface area (Å²) in [6.07, 6.45) is 2.15. The molecule has 0 spiro atoms. The van der Waals surface area contributed by atoms with Crippen LogP contribution in [-0.4, -0.2) is 0 Å². The van der Waals surface area contributed by atoms with E-state index in [9.17, 15) is 4.39 Å². The molecule has 3 N–H and O–H groups in total. The quantitative estimate of drug-likeness (QED) is 0.834. The molecule has 2 atom stereocenters. The van der Waals surface area contributed by atoms with Crippen LogP contribution in [-0.2, 0) is 6.42 Å². The average molecular weight is 270 g/mol. The van der Waals surface area contributed by atoms with E-state index in [4.69, 9.17) is 5.73 Å². The molecule has 0 fully saturated rings. The number of anilines is 1.